The molecule has 56 heavy (non-hydrogen) atoms. The van der Waals surface area contributed by atoms with Gasteiger partial charge in [0.15, 0.2) is 0 Å². The van der Waals surface area contributed by atoms with E-state index in [0.717, 1.165) is 51.4 Å². The number of aliphatic hydroxyl groups is 2. The molecule has 3 atom stereocenters. The third kappa shape index (κ3) is 36.9. The lowest BCUT2D eigenvalue weighted by molar-refractivity contribution is -0.151. The minimum Gasteiger partial charge on any atom is -0.462 e. The standard InChI is InChI=1S/C50H77NO5/c1-4-7-10-13-16-19-21-23-24-26-27-30-32-35-38-41-46(56-50(55)43-40-37-34-31-28-25-22-20-17-14-11-8-5-2)44-49(54)51-47(45-52)48(53)42-39-36-33-29-18-15-12-9-6-3/h7-8,10-11,13-14,16-17,19-28,30-32,34,46-48,52-53H,4-6,9,12,15,18,29,33,35-45H2,1-3H3,(H,51,54)/b10-7-,11-8+,16-13+,17-14+,21-19+,22-20-,24-23-,27-26+,28-25-,32-30+,34-31+. The maximum atomic E-state index is 13.1. The lowest BCUT2D eigenvalue weighted by atomic mass is 10.0. The van der Waals surface area contributed by atoms with Crippen LogP contribution in [0.15, 0.2) is 134 Å². The van der Waals surface area contributed by atoms with Crippen molar-refractivity contribution < 1.29 is 24.5 Å². The predicted molar refractivity (Wildman–Crippen MR) is 240 cm³/mol. The minimum absolute atomic E-state index is 0.0126. The van der Waals surface area contributed by atoms with Crippen LogP contribution in [0.3, 0.4) is 0 Å². The molecule has 0 spiro atoms. The molecule has 0 aliphatic heterocycles. The third-order valence-electron chi connectivity index (χ3n) is 8.76. The molecule has 0 aliphatic carbocycles. The second-order valence-electron chi connectivity index (χ2n) is 13.9. The first kappa shape index (κ1) is 52.0. The summed E-state index contributed by atoms with van der Waals surface area (Å²) in [7, 11) is 0. The number of hydrogen-bond acceptors (Lipinski definition) is 5. The van der Waals surface area contributed by atoms with Crippen LogP contribution in [0.4, 0.5) is 0 Å². The van der Waals surface area contributed by atoms with Gasteiger partial charge in [-0.1, -0.05) is 212 Å². The van der Waals surface area contributed by atoms with Gasteiger partial charge >= 0.3 is 5.97 Å². The van der Waals surface area contributed by atoms with Crippen molar-refractivity contribution in [2.75, 3.05) is 6.61 Å². The molecule has 0 aliphatic rings. The summed E-state index contributed by atoms with van der Waals surface area (Å²) in [5.74, 6) is -0.660. The first-order valence-corrected chi connectivity index (χ1v) is 21.6. The number of ether oxygens (including phenoxy) is 1. The highest BCUT2D eigenvalue weighted by molar-refractivity contribution is 5.77. The smallest absolute Gasteiger partial charge is 0.306 e. The zero-order valence-corrected chi connectivity index (χ0v) is 35.2. The molecule has 0 aromatic heterocycles. The molecule has 312 valence electrons. The van der Waals surface area contributed by atoms with E-state index in [9.17, 15) is 19.8 Å². The summed E-state index contributed by atoms with van der Waals surface area (Å²) >= 11 is 0. The van der Waals surface area contributed by atoms with E-state index in [2.05, 4.69) is 44.3 Å². The Kier molecular flexibility index (Phi) is 39.1. The van der Waals surface area contributed by atoms with Crippen LogP contribution in [-0.2, 0) is 14.3 Å². The molecule has 0 heterocycles. The molecular formula is C50H77NO5. The molecule has 0 aromatic carbocycles. The van der Waals surface area contributed by atoms with Crippen molar-refractivity contribution >= 4 is 11.9 Å². The lowest BCUT2D eigenvalue weighted by Crippen LogP contribution is -2.46. The molecule has 0 fully saturated rings. The van der Waals surface area contributed by atoms with Crippen LogP contribution in [-0.4, -0.2) is 46.9 Å². The van der Waals surface area contributed by atoms with Crippen molar-refractivity contribution in [3.63, 3.8) is 0 Å². The van der Waals surface area contributed by atoms with Crippen LogP contribution in [0.1, 0.15) is 143 Å². The zero-order chi connectivity index (χ0) is 41.0. The van der Waals surface area contributed by atoms with Crippen LogP contribution in [0, 0.1) is 0 Å². The largest absolute Gasteiger partial charge is 0.462 e. The fourth-order valence-corrected chi connectivity index (χ4v) is 5.55. The first-order valence-electron chi connectivity index (χ1n) is 21.6. The first-order chi connectivity index (χ1) is 27.5. The quantitative estimate of drug-likeness (QED) is 0.0339. The second kappa shape index (κ2) is 42.1. The normalized spacial score (nSPS) is 14.7. The summed E-state index contributed by atoms with van der Waals surface area (Å²) in [5, 5.41) is 23.5. The Morgan fingerprint density at radius 2 is 0.964 bits per heavy atom. The maximum absolute atomic E-state index is 13.1. The molecule has 6 heteroatoms. The summed E-state index contributed by atoms with van der Waals surface area (Å²) in [4.78, 5) is 25.9. The summed E-state index contributed by atoms with van der Waals surface area (Å²) in [6, 6.07) is -0.748. The topological polar surface area (TPSA) is 95.9 Å². The molecule has 0 aromatic rings. The van der Waals surface area contributed by atoms with Crippen molar-refractivity contribution in [1.29, 1.82) is 0 Å². The highest BCUT2D eigenvalue weighted by Gasteiger charge is 2.23. The van der Waals surface area contributed by atoms with Gasteiger partial charge in [0.05, 0.1) is 25.2 Å². The summed E-state index contributed by atoms with van der Waals surface area (Å²) in [6.07, 6.45) is 59.4. The highest BCUT2D eigenvalue weighted by Crippen LogP contribution is 2.15. The summed E-state index contributed by atoms with van der Waals surface area (Å²) < 4.78 is 5.81. The Balaban J connectivity index is 4.97. The molecule has 0 bridgehead atoms. The Hall–Kier alpha value is -4.00. The Morgan fingerprint density at radius 3 is 1.43 bits per heavy atom. The van der Waals surface area contributed by atoms with E-state index in [1.54, 1.807) is 0 Å². The van der Waals surface area contributed by atoms with Crippen molar-refractivity contribution in [1.82, 2.24) is 5.32 Å². The molecule has 0 saturated carbocycles. The third-order valence-corrected chi connectivity index (χ3v) is 8.76. The van der Waals surface area contributed by atoms with Gasteiger partial charge in [0, 0.05) is 6.42 Å². The van der Waals surface area contributed by atoms with Gasteiger partial charge < -0.3 is 20.3 Å². The van der Waals surface area contributed by atoms with E-state index in [1.165, 1.54) is 38.5 Å². The van der Waals surface area contributed by atoms with Crippen molar-refractivity contribution in [3.8, 4) is 0 Å². The number of aliphatic hydroxyl groups excluding tert-OH is 2. The minimum atomic E-state index is -0.827. The average Bonchev–Trinajstić information content (AvgIpc) is 3.19. The zero-order valence-electron chi connectivity index (χ0n) is 35.2. The number of unbranched alkanes of at least 4 members (excludes halogenated alkanes) is 10. The molecule has 0 saturated heterocycles. The number of rotatable bonds is 35. The van der Waals surface area contributed by atoms with Crippen LogP contribution in [0.5, 0.6) is 0 Å². The van der Waals surface area contributed by atoms with Crippen molar-refractivity contribution in [3.05, 3.63) is 134 Å². The van der Waals surface area contributed by atoms with Crippen molar-refractivity contribution in [2.45, 2.75) is 161 Å². The number of nitrogens with one attached hydrogen (secondary N) is 1. The second-order valence-corrected chi connectivity index (χ2v) is 13.9. The monoisotopic (exact) mass is 772 g/mol. The molecule has 1 amide bonds. The van der Waals surface area contributed by atoms with E-state index < -0.39 is 18.2 Å². The van der Waals surface area contributed by atoms with Gasteiger partial charge in [0.25, 0.3) is 0 Å². The van der Waals surface area contributed by atoms with Crippen LogP contribution >= 0.6 is 0 Å². The lowest BCUT2D eigenvalue weighted by Gasteiger charge is -2.24. The SMILES string of the molecule is CC\C=C/C=C/C=C/C=C\C=C\C=C\CCCC(CC(=O)NC(CO)C(O)CCCCCCCCCCC)OC(=O)CCC/C=C/C=C\C=C/C=C/C=C/CC. The number of esters is 1. The van der Waals surface area contributed by atoms with E-state index in [0.29, 0.717) is 19.3 Å². The Morgan fingerprint density at radius 1 is 0.536 bits per heavy atom. The average molecular weight is 772 g/mol. The molecule has 0 radical (unpaired) electrons. The van der Waals surface area contributed by atoms with Gasteiger partial charge in [0.1, 0.15) is 6.10 Å². The van der Waals surface area contributed by atoms with Crippen molar-refractivity contribution in [2.24, 2.45) is 0 Å². The number of carbonyl (C=O) groups excluding carboxylic acids is 2. The van der Waals surface area contributed by atoms with E-state index in [4.69, 9.17) is 4.74 Å². The number of carbonyl (C=O) groups is 2. The summed E-state index contributed by atoms with van der Waals surface area (Å²) in [5.41, 5.74) is 0. The Bertz CT molecular complexity index is 1280. The maximum Gasteiger partial charge on any atom is 0.306 e. The van der Waals surface area contributed by atoms with Gasteiger partial charge in [-0.3, -0.25) is 9.59 Å². The molecule has 0 rings (SSSR count). The van der Waals surface area contributed by atoms with E-state index in [-0.39, 0.29) is 31.3 Å². The number of allylic oxidation sites excluding steroid dienone is 22. The van der Waals surface area contributed by atoms with Crippen LogP contribution < -0.4 is 5.32 Å². The van der Waals surface area contributed by atoms with Gasteiger partial charge in [0.2, 0.25) is 5.91 Å². The predicted octanol–water partition coefficient (Wildman–Crippen LogP) is 12.3. The Labute approximate surface area is 342 Å². The molecular weight excluding hydrogens is 695 g/mol. The van der Waals surface area contributed by atoms with Gasteiger partial charge in [-0.05, 0) is 51.4 Å². The van der Waals surface area contributed by atoms with Crippen LogP contribution in [0.25, 0.3) is 0 Å². The van der Waals surface area contributed by atoms with E-state index in [1.807, 2.05) is 115 Å². The van der Waals surface area contributed by atoms with Gasteiger partial charge in [-0.25, -0.2) is 0 Å². The fraction of sp³-hybridized carbons (Fsp3) is 0.520. The van der Waals surface area contributed by atoms with Gasteiger partial charge in [-0.2, -0.15) is 0 Å². The molecule has 3 N–H and O–H groups in total. The van der Waals surface area contributed by atoms with Crippen LogP contribution in [0.2, 0.25) is 0 Å². The van der Waals surface area contributed by atoms with Gasteiger partial charge in [-0.15, -0.1) is 0 Å². The molecule has 3 unspecified atom stereocenters. The summed E-state index contributed by atoms with van der Waals surface area (Å²) in [6.45, 7) is 6.09. The highest BCUT2D eigenvalue weighted by atomic mass is 16.5. The van der Waals surface area contributed by atoms with E-state index >= 15 is 0 Å². The number of hydrogen-bond donors (Lipinski definition) is 3. The fourth-order valence-electron chi connectivity index (χ4n) is 5.55. The molecule has 6 nitrogen and oxygen atoms in total. The number of amides is 1.